The third-order valence-electron chi connectivity index (χ3n) is 3.26. The molecule has 2 N–H and O–H groups in total. The van der Waals surface area contributed by atoms with Gasteiger partial charge in [-0.25, -0.2) is 0 Å². The van der Waals surface area contributed by atoms with Crippen LogP contribution >= 0.6 is 7.92 Å². The molecule has 0 aliphatic rings. The fraction of sp³-hybridized carbons (Fsp3) is 0.188. The summed E-state index contributed by atoms with van der Waals surface area (Å²) in [5.41, 5.74) is 8.82. The maximum Gasteiger partial charge on any atom is 0.150 e. The first-order valence-corrected chi connectivity index (χ1v) is 7.79. The minimum Gasteiger partial charge on any atom is -0.326 e. The molecule has 0 fully saturated rings. The lowest BCUT2D eigenvalue weighted by Crippen LogP contribution is -2.19. The first kappa shape index (κ1) is 13.9. The number of rotatable bonds is 4. The minimum absolute atomic E-state index is 0.537. The van der Waals surface area contributed by atoms with Crippen molar-refractivity contribution in [2.75, 3.05) is 6.29 Å². The molecule has 0 aliphatic heterocycles. The van der Waals surface area contributed by atoms with Crippen LogP contribution in [-0.2, 0) is 0 Å². The van der Waals surface area contributed by atoms with Crippen LogP contribution in [0.1, 0.15) is 21.5 Å². The molecule has 1 atom stereocenters. The van der Waals surface area contributed by atoms with Crippen molar-refractivity contribution in [2.45, 2.75) is 13.8 Å². The summed E-state index contributed by atoms with van der Waals surface area (Å²) in [6.07, 6.45) is 1.56. The number of aryl methyl sites for hydroxylation is 2. The lowest BCUT2D eigenvalue weighted by Gasteiger charge is -2.18. The van der Waals surface area contributed by atoms with E-state index in [0.29, 0.717) is 6.29 Å². The molecule has 0 aromatic heterocycles. The van der Waals surface area contributed by atoms with Crippen LogP contribution in [-0.4, -0.2) is 12.6 Å². The van der Waals surface area contributed by atoms with Gasteiger partial charge in [-0.05, 0) is 43.5 Å². The van der Waals surface area contributed by atoms with Crippen LogP contribution in [0.2, 0.25) is 0 Å². The zero-order chi connectivity index (χ0) is 13.8. The van der Waals surface area contributed by atoms with E-state index in [1.54, 1.807) is 0 Å². The van der Waals surface area contributed by atoms with Crippen LogP contribution in [0.25, 0.3) is 0 Å². The summed E-state index contributed by atoms with van der Waals surface area (Å²) in [7, 11) is -0.537. The molecule has 98 valence electrons. The van der Waals surface area contributed by atoms with Crippen molar-refractivity contribution < 1.29 is 4.79 Å². The van der Waals surface area contributed by atoms with Gasteiger partial charge in [-0.2, -0.15) is 0 Å². The molecule has 0 bridgehead atoms. The molecule has 0 aliphatic carbocycles. The summed E-state index contributed by atoms with van der Waals surface area (Å²) < 4.78 is 0. The number of hydrogen-bond donors (Lipinski definition) is 1. The predicted octanol–water partition coefficient (Wildman–Crippen LogP) is 2.46. The van der Waals surface area contributed by atoms with Crippen molar-refractivity contribution in [3.63, 3.8) is 0 Å². The number of carbonyl (C=O) groups excluding carboxylic acids is 1. The Balaban J connectivity index is 2.48. The third-order valence-corrected chi connectivity index (χ3v) is 5.43. The van der Waals surface area contributed by atoms with Crippen molar-refractivity contribution >= 4 is 24.8 Å². The highest BCUT2D eigenvalue weighted by Gasteiger charge is 2.14. The molecule has 0 saturated heterocycles. The average Bonchev–Trinajstić information content (AvgIpc) is 2.40. The molecule has 0 heterocycles. The van der Waals surface area contributed by atoms with E-state index in [1.165, 1.54) is 10.6 Å². The molecule has 2 aromatic rings. The normalized spacial score (nSPS) is 12.2. The molecule has 1 unspecified atom stereocenters. The topological polar surface area (TPSA) is 43.1 Å². The maximum absolute atomic E-state index is 11.0. The average molecular weight is 271 g/mol. The van der Waals surface area contributed by atoms with Crippen molar-refractivity contribution in [2.24, 2.45) is 5.73 Å². The first-order chi connectivity index (χ1) is 9.17. The summed E-state index contributed by atoms with van der Waals surface area (Å²) in [5, 5.41) is 2.52. The highest BCUT2D eigenvalue weighted by atomic mass is 31.1. The lowest BCUT2D eigenvalue weighted by molar-refractivity contribution is 0.112. The zero-order valence-corrected chi connectivity index (χ0v) is 12.2. The SMILES string of the molecule is Cc1cc(P(CN)c2ccccc2)cc(C)c1C=O. The summed E-state index contributed by atoms with van der Waals surface area (Å²) in [4.78, 5) is 11.0. The van der Waals surface area contributed by atoms with E-state index >= 15 is 0 Å². The van der Waals surface area contributed by atoms with Gasteiger partial charge in [0.15, 0.2) is 6.29 Å². The zero-order valence-electron chi connectivity index (χ0n) is 11.3. The van der Waals surface area contributed by atoms with Gasteiger partial charge in [-0.15, -0.1) is 0 Å². The Labute approximate surface area is 115 Å². The highest BCUT2D eigenvalue weighted by Crippen LogP contribution is 2.32. The molecule has 2 nitrogen and oxygen atoms in total. The summed E-state index contributed by atoms with van der Waals surface area (Å²) in [6, 6.07) is 14.5. The number of nitrogens with two attached hydrogens (primary N) is 1. The Hall–Kier alpha value is -1.50. The van der Waals surface area contributed by atoms with Crippen LogP contribution < -0.4 is 16.3 Å². The molecule has 3 heteroatoms. The second-order valence-corrected chi connectivity index (χ2v) is 6.81. The van der Waals surface area contributed by atoms with Crippen molar-refractivity contribution in [3.8, 4) is 0 Å². The van der Waals surface area contributed by atoms with Gasteiger partial charge in [0, 0.05) is 11.8 Å². The molecular weight excluding hydrogens is 253 g/mol. The summed E-state index contributed by atoms with van der Waals surface area (Å²) in [6.45, 7) is 3.96. The Bertz CT molecular complexity index is 558. The third kappa shape index (κ3) is 2.91. The summed E-state index contributed by atoms with van der Waals surface area (Å²) in [5.74, 6) is 0. The number of benzene rings is 2. The lowest BCUT2D eigenvalue weighted by atomic mass is 10.0. The van der Waals surface area contributed by atoms with E-state index in [-0.39, 0.29) is 0 Å². The fourth-order valence-corrected chi connectivity index (χ4v) is 4.21. The number of carbonyl (C=O) groups is 1. The highest BCUT2D eigenvalue weighted by molar-refractivity contribution is 7.72. The van der Waals surface area contributed by atoms with E-state index in [4.69, 9.17) is 5.73 Å². The monoisotopic (exact) mass is 271 g/mol. The van der Waals surface area contributed by atoms with Gasteiger partial charge in [0.25, 0.3) is 0 Å². The number of hydrogen-bond acceptors (Lipinski definition) is 2. The Morgan fingerprint density at radius 3 is 2.11 bits per heavy atom. The van der Waals surface area contributed by atoms with E-state index in [1.807, 2.05) is 32.0 Å². The Morgan fingerprint density at radius 1 is 1.05 bits per heavy atom. The van der Waals surface area contributed by atoms with Crippen LogP contribution in [0, 0.1) is 13.8 Å². The van der Waals surface area contributed by atoms with E-state index in [0.717, 1.165) is 23.0 Å². The van der Waals surface area contributed by atoms with Gasteiger partial charge >= 0.3 is 0 Å². The van der Waals surface area contributed by atoms with Gasteiger partial charge in [0.2, 0.25) is 0 Å². The molecule has 0 spiro atoms. The van der Waals surface area contributed by atoms with Crippen molar-refractivity contribution in [3.05, 3.63) is 59.2 Å². The maximum atomic E-state index is 11.0. The fourth-order valence-electron chi connectivity index (χ4n) is 2.26. The van der Waals surface area contributed by atoms with Crippen LogP contribution in [0.15, 0.2) is 42.5 Å². The minimum atomic E-state index is -0.537. The predicted molar refractivity (Wildman–Crippen MR) is 83.0 cm³/mol. The van der Waals surface area contributed by atoms with E-state index in [9.17, 15) is 4.79 Å². The van der Waals surface area contributed by atoms with E-state index < -0.39 is 7.92 Å². The second-order valence-electron chi connectivity index (χ2n) is 4.56. The van der Waals surface area contributed by atoms with Gasteiger partial charge < -0.3 is 5.73 Å². The Morgan fingerprint density at radius 2 is 1.63 bits per heavy atom. The quantitative estimate of drug-likeness (QED) is 0.685. The van der Waals surface area contributed by atoms with Gasteiger partial charge in [-0.3, -0.25) is 4.79 Å². The van der Waals surface area contributed by atoms with Gasteiger partial charge in [-0.1, -0.05) is 42.5 Å². The van der Waals surface area contributed by atoms with Crippen LogP contribution in [0.4, 0.5) is 0 Å². The molecular formula is C16H18NOP. The van der Waals surface area contributed by atoms with E-state index in [2.05, 4.69) is 24.3 Å². The largest absolute Gasteiger partial charge is 0.326 e. The smallest absolute Gasteiger partial charge is 0.150 e. The van der Waals surface area contributed by atoms with Crippen LogP contribution in [0.5, 0.6) is 0 Å². The molecule has 0 saturated carbocycles. The van der Waals surface area contributed by atoms with Gasteiger partial charge in [0.1, 0.15) is 0 Å². The Kier molecular flexibility index (Phi) is 4.47. The first-order valence-electron chi connectivity index (χ1n) is 6.26. The molecule has 0 amide bonds. The standard InChI is InChI=1S/C16H18NOP/c1-12-8-15(9-13(2)16(12)10-18)19(11-17)14-6-4-3-5-7-14/h3-10H,11,17H2,1-2H3. The molecule has 19 heavy (non-hydrogen) atoms. The van der Waals surface area contributed by atoms with Crippen molar-refractivity contribution in [1.82, 2.24) is 0 Å². The molecule has 2 rings (SSSR count). The van der Waals surface area contributed by atoms with Crippen LogP contribution in [0.3, 0.4) is 0 Å². The molecule has 2 aromatic carbocycles. The molecule has 0 radical (unpaired) electrons. The van der Waals surface area contributed by atoms with Gasteiger partial charge in [0.05, 0.1) is 0 Å². The number of aldehydes is 1. The second kappa shape index (κ2) is 6.10. The van der Waals surface area contributed by atoms with Crippen molar-refractivity contribution in [1.29, 1.82) is 0 Å². The summed E-state index contributed by atoms with van der Waals surface area (Å²) >= 11 is 0.